The van der Waals surface area contributed by atoms with Crippen molar-refractivity contribution in [2.75, 3.05) is 25.2 Å². The number of hydrogen-bond acceptors (Lipinski definition) is 9. The zero-order valence-corrected chi connectivity index (χ0v) is 22.8. The number of hydrogen-bond donors (Lipinski definition) is 1. The van der Waals surface area contributed by atoms with Crippen molar-refractivity contribution >= 4 is 40.8 Å². The van der Waals surface area contributed by atoms with Crippen LogP contribution in [0.5, 0.6) is 11.6 Å². The highest BCUT2D eigenvalue weighted by Gasteiger charge is 2.31. The van der Waals surface area contributed by atoms with Crippen LogP contribution in [-0.2, 0) is 21.1 Å². The lowest BCUT2D eigenvalue weighted by molar-refractivity contribution is -0.274. The Labute approximate surface area is 234 Å². The van der Waals surface area contributed by atoms with Gasteiger partial charge >= 0.3 is 6.36 Å². The molecule has 1 aliphatic heterocycles. The number of piperidine rings is 1. The van der Waals surface area contributed by atoms with Crippen LogP contribution in [-0.4, -0.2) is 87.0 Å². The van der Waals surface area contributed by atoms with E-state index in [2.05, 4.69) is 26.4 Å². The van der Waals surface area contributed by atoms with Crippen molar-refractivity contribution in [1.82, 2.24) is 9.88 Å². The fourth-order valence-corrected chi connectivity index (χ4v) is 4.33. The molecule has 1 unspecified atom stereocenters. The van der Waals surface area contributed by atoms with Gasteiger partial charge in [0.1, 0.15) is 23.3 Å². The van der Waals surface area contributed by atoms with Gasteiger partial charge in [0.15, 0.2) is 9.84 Å². The highest BCUT2D eigenvalue weighted by Crippen LogP contribution is 2.26. The number of nitrogens with zero attached hydrogens (tertiary/aromatic N) is 4. The van der Waals surface area contributed by atoms with E-state index < -0.39 is 33.9 Å². The Morgan fingerprint density at radius 3 is 2.46 bits per heavy atom. The summed E-state index contributed by atoms with van der Waals surface area (Å²) in [5.41, 5.74) is 0.948. The molecule has 2 amide bonds. The molecule has 0 bridgehead atoms. The summed E-state index contributed by atoms with van der Waals surface area (Å²) in [4.78, 5) is 38.3. The van der Waals surface area contributed by atoms with Crippen molar-refractivity contribution < 1.29 is 40.7 Å². The number of carbonyl (C=O) groups is 2. The van der Waals surface area contributed by atoms with Gasteiger partial charge in [0, 0.05) is 50.8 Å². The summed E-state index contributed by atoms with van der Waals surface area (Å²) in [6.07, 6.45) is 0.429. The van der Waals surface area contributed by atoms with E-state index in [1.165, 1.54) is 30.6 Å². The van der Waals surface area contributed by atoms with Crippen LogP contribution in [0.3, 0.4) is 0 Å². The summed E-state index contributed by atoms with van der Waals surface area (Å²) in [7, 11) is -3.34. The van der Waals surface area contributed by atoms with Crippen molar-refractivity contribution in [3.8, 4) is 11.6 Å². The molecule has 2 aromatic rings. The van der Waals surface area contributed by atoms with Crippen LogP contribution >= 0.6 is 0 Å². The number of alkyl halides is 3. The molecular formula is C26H28F3N5O6S. The fourth-order valence-electron chi connectivity index (χ4n) is 3.98. The monoisotopic (exact) mass is 595 g/mol. The van der Waals surface area contributed by atoms with Gasteiger partial charge in [-0.05, 0) is 36.0 Å². The first-order valence-electron chi connectivity index (χ1n) is 12.3. The number of sulfone groups is 1. The quantitative estimate of drug-likeness (QED) is 0.392. The van der Waals surface area contributed by atoms with Crippen LogP contribution in [0.2, 0.25) is 0 Å². The Morgan fingerprint density at radius 2 is 1.90 bits per heavy atom. The van der Waals surface area contributed by atoms with Gasteiger partial charge in [0.25, 0.3) is 5.91 Å². The van der Waals surface area contributed by atoms with Crippen LogP contribution in [0.25, 0.3) is 0 Å². The largest absolute Gasteiger partial charge is 0.573 e. The Morgan fingerprint density at radius 1 is 1.24 bits per heavy atom. The molecule has 0 spiro atoms. The standard InChI is InChI=1S/C26H28F3N5O6S/c1-31-24(36)22-12-18(19(13-30)14-32-16-41(2,37)38)15-33-25(22)39-20-7-9-34(10-8-20)23(35)11-17-3-5-21(6-4-17)40-26(27,28)29/h3-6,12-15,19-20,30H,1,7-11,16H2,2H3. The summed E-state index contributed by atoms with van der Waals surface area (Å²) < 4.78 is 69.4. The summed E-state index contributed by atoms with van der Waals surface area (Å²) in [6.45, 7) is 3.97. The van der Waals surface area contributed by atoms with E-state index in [1.807, 2.05) is 0 Å². The highest BCUT2D eigenvalue weighted by atomic mass is 32.2. The molecule has 1 N–H and O–H groups in total. The Bertz CT molecular complexity index is 1410. The molecule has 1 atom stereocenters. The molecule has 3 rings (SSSR count). The van der Waals surface area contributed by atoms with Gasteiger partial charge in [0.2, 0.25) is 11.8 Å². The highest BCUT2D eigenvalue weighted by molar-refractivity contribution is 7.90. The molecule has 0 saturated carbocycles. The summed E-state index contributed by atoms with van der Waals surface area (Å²) in [5.74, 6) is -2.45. The van der Waals surface area contributed by atoms with Gasteiger partial charge in [-0.1, -0.05) is 12.1 Å². The first-order chi connectivity index (χ1) is 19.3. The number of aliphatic imine (C=N–C) groups is 2. The number of likely N-dealkylation sites (tertiary alicyclic amines) is 1. The topological polar surface area (TPSA) is 151 Å². The summed E-state index contributed by atoms with van der Waals surface area (Å²) in [6, 6.07) is 6.54. The number of pyridine rings is 1. The smallest absolute Gasteiger partial charge is 0.474 e. The van der Waals surface area contributed by atoms with E-state index in [4.69, 9.17) is 10.1 Å². The third-order valence-electron chi connectivity index (χ3n) is 5.97. The third kappa shape index (κ3) is 9.77. The maximum atomic E-state index is 12.7. The number of aromatic nitrogens is 1. The second kappa shape index (κ2) is 13.5. The van der Waals surface area contributed by atoms with E-state index in [0.717, 1.165) is 24.6 Å². The van der Waals surface area contributed by atoms with E-state index in [1.54, 1.807) is 4.90 Å². The van der Waals surface area contributed by atoms with Gasteiger partial charge in [-0.15, -0.1) is 13.2 Å². The predicted molar refractivity (Wildman–Crippen MR) is 145 cm³/mol. The lowest BCUT2D eigenvalue weighted by atomic mass is 10.0. The lowest BCUT2D eigenvalue weighted by Crippen LogP contribution is -2.42. The number of amides is 2. The van der Waals surface area contributed by atoms with Gasteiger partial charge in [-0.25, -0.2) is 18.4 Å². The number of nitrogens with one attached hydrogen (secondary N) is 1. The number of rotatable bonds is 11. The minimum Gasteiger partial charge on any atom is -0.474 e. The van der Waals surface area contributed by atoms with Crippen LogP contribution in [0.15, 0.2) is 46.5 Å². The number of halogens is 3. The second-order valence-electron chi connectivity index (χ2n) is 9.23. The molecule has 41 heavy (non-hydrogen) atoms. The van der Waals surface area contributed by atoms with Crippen LogP contribution in [0.1, 0.15) is 40.2 Å². The molecule has 1 aromatic heterocycles. The zero-order valence-electron chi connectivity index (χ0n) is 22.0. The maximum Gasteiger partial charge on any atom is 0.573 e. The third-order valence-corrected chi connectivity index (χ3v) is 6.59. The van der Waals surface area contributed by atoms with Gasteiger partial charge < -0.3 is 19.8 Å². The number of ether oxygens (including phenoxy) is 2. The second-order valence-corrected chi connectivity index (χ2v) is 11.3. The average molecular weight is 596 g/mol. The van der Waals surface area contributed by atoms with Crippen molar-refractivity contribution in [2.45, 2.75) is 37.6 Å². The van der Waals surface area contributed by atoms with Crippen LogP contribution in [0, 0.1) is 5.41 Å². The van der Waals surface area contributed by atoms with E-state index in [9.17, 15) is 31.2 Å². The van der Waals surface area contributed by atoms with Crippen LogP contribution in [0.4, 0.5) is 13.2 Å². The average Bonchev–Trinajstić information content (AvgIpc) is 2.91. The van der Waals surface area contributed by atoms with Crippen molar-refractivity contribution in [2.24, 2.45) is 9.98 Å². The first kappa shape index (κ1) is 31.4. The molecule has 1 saturated heterocycles. The SMILES string of the molecule is C=NC(=O)c1cc(C(C=N)C=NCS(C)(=O)=O)cnc1OC1CCN(C(=O)Cc2ccc(OC(F)(F)F)cc2)CC1. The molecule has 1 aromatic carbocycles. The van der Waals surface area contributed by atoms with E-state index in [-0.39, 0.29) is 35.6 Å². The minimum atomic E-state index is -4.79. The zero-order chi connectivity index (χ0) is 30.2. The Balaban J connectivity index is 1.61. The Kier molecular flexibility index (Phi) is 10.3. The van der Waals surface area contributed by atoms with Gasteiger partial charge in [-0.3, -0.25) is 14.6 Å². The fraction of sp³-hybridized carbons (Fsp3) is 0.385. The lowest BCUT2D eigenvalue weighted by Gasteiger charge is -2.32. The summed E-state index contributed by atoms with van der Waals surface area (Å²) in [5, 5.41) is 7.65. The first-order valence-corrected chi connectivity index (χ1v) is 14.3. The molecule has 0 radical (unpaired) electrons. The minimum absolute atomic E-state index is 0.00612. The van der Waals surface area contributed by atoms with Crippen molar-refractivity contribution in [3.63, 3.8) is 0 Å². The molecule has 1 fully saturated rings. The molecule has 220 valence electrons. The molecule has 15 heteroatoms. The summed E-state index contributed by atoms with van der Waals surface area (Å²) >= 11 is 0. The van der Waals surface area contributed by atoms with Crippen molar-refractivity contribution in [1.29, 1.82) is 5.41 Å². The Hall–Kier alpha value is -4.14. The molecule has 2 heterocycles. The predicted octanol–water partition coefficient (Wildman–Crippen LogP) is 3.24. The number of carbonyl (C=O) groups excluding carboxylic acids is 2. The molecular weight excluding hydrogens is 567 g/mol. The van der Waals surface area contributed by atoms with E-state index in [0.29, 0.717) is 37.1 Å². The molecule has 11 nitrogen and oxygen atoms in total. The van der Waals surface area contributed by atoms with Gasteiger partial charge in [-0.2, -0.15) is 0 Å². The number of benzene rings is 1. The molecule has 0 aliphatic carbocycles. The molecule has 1 aliphatic rings. The van der Waals surface area contributed by atoms with Crippen molar-refractivity contribution in [3.05, 3.63) is 53.2 Å². The van der Waals surface area contributed by atoms with E-state index >= 15 is 0 Å². The van der Waals surface area contributed by atoms with Gasteiger partial charge in [0.05, 0.1) is 12.3 Å². The maximum absolute atomic E-state index is 12.7. The normalized spacial score (nSPS) is 15.4. The van der Waals surface area contributed by atoms with Crippen LogP contribution < -0.4 is 9.47 Å².